The van der Waals surface area contributed by atoms with Crippen LogP contribution in [0, 0.1) is 18.6 Å². The van der Waals surface area contributed by atoms with E-state index in [4.69, 9.17) is 10.5 Å². The van der Waals surface area contributed by atoms with Gasteiger partial charge in [0.25, 0.3) is 5.91 Å². The van der Waals surface area contributed by atoms with E-state index in [0.29, 0.717) is 0 Å². The van der Waals surface area contributed by atoms with Crippen molar-refractivity contribution in [2.24, 2.45) is 10.8 Å². The topological polar surface area (TPSA) is 126 Å². The molecule has 0 spiro atoms. The normalized spacial score (nSPS) is 13.7. The van der Waals surface area contributed by atoms with E-state index in [1.165, 1.54) is 48.1 Å². The number of imidazole rings is 1. The van der Waals surface area contributed by atoms with Crippen LogP contribution in [-0.2, 0) is 6.61 Å². The minimum Gasteiger partial charge on any atom is -0.485 e. The maximum absolute atomic E-state index is 13.9. The van der Waals surface area contributed by atoms with Gasteiger partial charge in [0.05, 0.1) is 17.9 Å². The van der Waals surface area contributed by atoms with Crippen molar-refractivity contribution in [3.8, 4) is 5.75 Å². The second-order valence-electron chi connectivity index (χ2n) is 7.47. The van der Waals surface area contributed by atoms with Crippen molar-refractivity contribution in [2.75, 3.05) is 6.61 Å². The second-order valence-corrected chi connectivity index (χ2v) is 7.47. The molecular weight excluding hydrogens is 460 g/mol. The molecule has 9 nitrogen and oxygen atoms in total. The maximum atomic E-state index is 13.9. The van der Waals surface area contributed by atoms with Crippen LogP contribution in [0.5, 0.6) is 5.75 Å². The molecule has 13 heteroatoms. The van der Waals surface area contributed by atoms with Gasteiger partial charge >= 0.3 is 6.55 Å². The van der Waals surface area contributed by atoms with Gasteiger partial charge in [0.15, 0.2) is 11.4 Å². The highest BCUT2D eigenvalue weighted by Gasteiger charge is 2.33. The van der Waals surface area contributed by atoms with E-state index in [1.54, 1.807) is 0 Å². The van der Waals surface area contributed by atoms with Crippen LogP contribution in [0.15, 0.2) is 41.6 Å². The summed E-state index contributed by atoms with van der Waals surface area (Å²) < 4.78 is 59.5. The van der Waals surface area contributed by atoms with E-state index in [2.05, 4.69) is 15.4 Å². The number of aromatic nitrogens is 2. The van der Waals surface area contributed by atoms with E-state index >= 15 is 0 Å². The van der Waals surface area contributed by atoms with Crippen LogP contribution in [0.4, 0.5) is 17.6 Å². The molecule has 3 aromatic rings. The van der Waals surface area contributed by atoms with Gasteiger partial charge in [-0.1, -0.05) is 6.07 Å². The summed E-state index contributed by atoms with van der Waals surface area (Å²) in [5.74, 6) is -2.61. The highest BCUT2D eigenvalue weighted by Crippen LogP contribution is 2.24. The molecule has 2 heterocycles. The summed E-state index contributed by atoms with van der Waals surface area (Å²) >= 11 is 0. The fourth-order valence-electron chi connectivity index (χ4n) is 3.10. The Kier molecular flexibility index (Phi) is 7.25. The van der Waals surface area contributed by atoms with Crippen molar-refractivity contribution in [1.29, 1.82) is 0 Å². The van der Waals surface area contributed by atoms with Crippen LogP contribution in [0.2, 0.25) is 0 Å². The number of carbonyl (C=O) groups excluding carboxylic acids is 1. The van der Waals surface area contributed by atoms with Gasteiger partial charge in [-0.3, -0.25) is 9.20 Å². The molecule has 182 valence electrons. The number of halogens is 4. The summed E-state index contributed by atoms with van der Waals surface area (Å²) in [6.45, 7) is -1.31. The number of benzene rings is 1. The highest BCUT2D eigenvalue weighted by molar-refractivity contribution is 6.00. The molecule has 0 aliphatic rings. The Balaban J connectivity index is 1.90. The number of carbonyl (C=O) groups is 1. The summed E-state index contributed by atoms with van der Waals surface area (Å²) in [6.07, 6.45) is 1.51. The monoisotopic (exact) mass is 482 g/mol. The molecule has 0 aliphatic carbocycles. The Morgan fingerprint density at radius 3 is 2.59 bits per heavy atom. The van der Waals surface area contributed by atoms with Crippen molar-refractivity contribution >= 4 is 17.4 Å². The molecule has 1 aromatic carbocycles. The lowest BCUT2D eigenvalue weighted by Gasteiger charge is -2.27. The molecule has 3 rings (SSSR count). The summed E-state index contributed by atoms with van der Waals surface area (Å²) in [5.41, 5.74) is 5.68. The predicted octanol–water partition coefficient (Wildman–Crippen LogP) is 2.07. The van der Waals surface area contributed by atoms with Gasteiger partial charge in [-0.2, -0.15) is 13.9 Å². The second kappa shape index (κ2) is 9.95. The Bertz CT molecular complexity index is 1210. The maximum Gasteiger partial charge on any atom is 0.327 e. The number of ether oxygens (including phenoxy) is 1. The van der Waals surface area contributed by atoms with Crippen molar-refractivity contribution in [1.82, 2.24) is 20.1 Å². The van der Waals surface area contributed by atoms with E-state index in [9.17, 15) is 27.5 Å². The molecular formula is C21H22F4N6O3. The fraction of sp³-hybridized carbons (Fsp3) is 0.286. The molecule has 0 saturated carbocycles. The van der Waals surface area contributed by atoms with E-state index in [1.807, 2.05) is 0 Å². The number of rotatable bonds is 9. The van der Waals surface area contributed by atoms with E-state index in [-0.39, 0.29) is 28.3 Å². The lowest BCUT2D eigenvalue weighted by molar-refractivity contribution is 0.0889. The summed E-state index contributed by atoms with van der Waals surface area (Å²) in [6, 6.07) is 6.49. The zero-order valence-electron chi connectivity index (χ0n) is 18.2. The van der Waals surface area contributed by atoms with Gasteiger partial charge in [0.1, 0.15) is 35.3 Å². The number of aliphatic hydroxyl groups excluding tert-OH is 1. The van der Waals surface area contributed by atoms with Crippen molar-refractivity contribution in [3.63, 3.8) is 0 Å². The van der Waals surface area contributed by atoms with Crippen LogP contribution in [0.25, 0.3) is 5.65 Å². The standard InChI is InChI=1S/C21H22F4N6O3/c1-11-16(18(33)28-21(2,10-32)19(26)29-30-20(24)25)31-8-4-7-15(17(31)27-11)34-9-12-13(22)5-3-6-14(12)23/h3-8,20,30,32H,9-10H2,1-2H3,(H2,26,29)(H,28,33). The number of nitrogens with one attached hydrogen (secondary N) is 2. The minimum absolute atomic E-state index is 0.0341. The first kappa shape index (κ1) is 24.8. The Morgan fingerprint density at radius 1 is 1.29 bits per heavy atom. The van der Waals surface area contributed by atoms with Gasteiger partial charge in [-0.05, 0) is 38.1 Å². The lowest BCUT2D eigenvalue weighted by Crippen LogP contribution is -2.58. The third-order valence-electron chi connectivity index (χ3n) is 4.99. The van der Waals surface area contributed by atoms with Gasteiger partial charge in [0.2, 0.25) is 0 Å². The van der Waals surface area contributed by atoms with Crippen LogP contribution in [-0.4, -0.2) is 44.9 Å². The first-order valence-electron chi connectivity index (χ1n) is 9.91. The van der Waals surface area contributed by atoms with Crippen molar-refractivity contribution in [2.45, 2.75) is 32.5 Å². The number of fused-ring (bicyclic) bond motifs is 1. The molecule has 2 aromatic heterocycles. The van der Waals surface area contributed by atoms with Gasteiger partial charge < -0.3 is 20.9 Å². The number of aliphatic hydroxyl groups is 1. The summed E-state index contributed by atoms with van der Waals surface area (Å²) in [7, 11) is 0. The number of aryl methyl sites for hydroxylation is 1. The van der Waals surface area contributed by atoms with Gasteiger partial charge in [-0.25, -0.2) is 19.2 Å². The van der Waals surface area contributed by atoms with E-state index < -0.39 is 48.7 Å². The number of alkyl halides is 2. The van der Waals surface area contributed by atoms with Gasteiger partial charge in [-0.15, -0.1) is 0 Å². The number of hydrazone groups is 1. The largest absolute Gasteiger partial charge is 0.485 e. The van der Waals surface area contributed by atoms with Crippen LogP contribution >= 0.6 is 0 Å². The van der Waals surface area contributed by atoms with Crippen LogP contribution < -0.4 is 21.2 Å². The first-order valence-corrected chi connectivity index (χ1v) is 9.91. The number of hydrogen-bond donors (Lipinski definition) is 4. The molecule has 5 N–H and O–H groups in total. The third-order valence-corrected chi connectivity index (χ3v) is 4.99. The lowest BCUT2D eigenvalue weighted by atomic mass is 10.0. The number of pyridine rings is 1. The molecule has 0 fully saturated rings. The third kappa shape index (κ3) is 5.03. The van der Waals surface area contributed by atoms with Gasteiger partial charge in [0, 0.05) is 6.20 Å². The zero-order chi connectivity index (χ0) is 25.0. The van der Waals surface area contributed by atoms with Crippen molar-refractivity contribution in [3.05, 3.63) is 65.1 Å². The average molecular weight is 482 g/mol. The number of hydrogen-bond acceptors (Lipinski definition) is 6. The Hall–Kier alpha value is -3.87. The van der Waals surface area contributed by atoms with Crippen molar-refractivity contribution < 1.29 is 32.2 Å². The molecule has 1 unspecified atom stereocenters. The highest BCUT2D eigenvalue weighted by atomic mass is 19.3. The quantitative estimate of drug-likeness (QED) is 0.122. The predicted molar refractivity (Wildman–Crippen MR) is 114 cm³/mol. The number of nitrogens with two attached hydrogens (primary N) is 1. The SMILES string of the molecule is Cc1nc2c(OCc3c(F)cccc3F)cccn2c1C(=O)NC(C)(CO)/C(N)=N/NC(F)F. The Labute approximate surface area is 191 Å². The summed E-state index contributed by atoms with van der Waals surface area (Å²) in [5, 5.41) is 15.5. The number of amidine groups is 1. The molecule has 0 radical (unpaired) electrons. The minimum atomic E-state index is -2.99. The molecule has 0 aliphatic heterocycles. The number of amides is 1. The molecule has 1 amide bonds. The van der Waals surface area contributed by atoms with E-state index in [0.717, 1.165) is 12.1 Å². The van der Waals surface area contributed by atoms with Crippen LogP contribution in [0.3, 0.4) is 0 Å². The first-order chi connectivity index (χ1) is 16.1. The average Bonchev–Trinajstić information content (AvgIpc) is 3.13. The summed E-state index contributed by atoms with van der Waals surface area (Å²) in [4.78, 5) is 17.3. The molecule has 1 atom stereocenters. The molecule has 0 bridgehead atoms. The number of nitrogens with zero attached hydrogens (tertiary/aromatic N) is 3. The van der Waals surface area contributed by atoms with Crippen LogP contribution in [0.1, 0.15) is 28.7 Å². The zero-order valence-corrected chi connectivity index (χ0v) is 18.2. The molecule has 34 heavy (non-hydrogen) atoms. The Morgan fingerprint density at radius 2 is 1.97 bits per heavy atom. The molecule has 0 saturated heterocycles. The fourth-order valence-corrected chi connectivity index (χ4v) is 3.10. The smallest absolute Gasteiger partial charge is 0.327 e.